The van der Waals surface area contributed by atoms with E-state index in [-0.39, 0.29) is 5.41 Å². The van der Waals surface area contributed by atoms with Crippen LogP contribution in [0.1, 0.15) is 31.7 Å². The zero-order chi connectivity index (χ0) is 13.3. The van der Waals surface area contributed by atoms with Crippen molar-refractivity contribution in [2.45, 2.75) is 32.1 Å². The Balaban J connectivity index is 2.01. The van der Waals surface area contributed by atoms with Crippen molar-refractivity contribution in [3.63, 3.8) is 0 Å². The summed E-state index contributed by atoms with van der Waals surface area (Å²) in [6.07, 6.45) is 2.35. The van der Waals surface area contributed by atoms with Gasteiger partial charge in [-0.2, -0.15) is 0 Å². The lowest BCUT2D eigenvalue weighted by Gasteiger charge is -2.23. The number of benzene rings is 1. The fraction of sp³-hybridized carbons (Fsp3) is 0.533. The Hall–Kier alpha value is -1.13. The van der Waals surface area contributed by atoms with Crippen LogP contribution in [0.4, 0.5) is 0 Å². The summed E-state index contributed by atoms with van der Waals surface area (Å²) in [4.78, 5) is 4.86. The highest BCUT2D eigenvalue weighted by Gasteiger charge is 2.36. The van der Waals surface area contributed by atoms with Crippen molar-refractivity contribution in [1.29, 1.82) is 0 Å². The van der Waals surface area contributed by atoms with Gasteiger partial charge in [-0.1, -0.05) is 6.92 Å². The Labute approximate surface area is 118 Å². The average Bonchev–Trinajstić information content (AvgIpc) is 3.05. The maximum atomic E-state index is 5.57. The zero-order valence-corrected chi connectivity index (χ0v) is 12.3. The maximum Gasteiger partial charge on any atom is 0.120 e. The molecular weight excluding hydrogens is 256 g/mol. The molecule has 0 spiro atoms. The smallest absolute Gasteiger partial charge is 0.120 e. The van der Waals surface area contributed by atoms with E-state index in [4.69, 9.17) is 9.72 Å². The number of fused-ring (bicyclic) bond motifs is 1. The minimum absolute atomic E-state index is 0.245. The fourth-order valence-corrected chi connectivity index (χ4v) is 4.05. The average molecular weight is 276 g/mol. The van der Waals surface area contributed by atoms with Crippen LogP contribution in [0.5, 0.6) is 5.75 Å². The minimum atomic E-state index is 0.245. The lowest BCUT2D eigenvalue weighted by atomic mass is 9.85. The third-order valence-corrected chi connectivity index (χ3v) is 5.31. The number of aromatic nitrogens is 1. The molecule has 1 aromatic heterocycles. The van der Waals surface area contributed by atoms with Gasteiger partial charge in [0, 0.05) is 12.0 Å². The lowest BCUT2D eigenvalue weighted by molar-refractivity contribution is 0.341. The van der Waals surface area contributed by atoms with Gasteiger partial charge in [-0.3, -0.25) is 0 Å². The number of nitrogens with one attached hydrogen (secondary N) is 1. The summed E-state index contributed by atoms with van der Waals surface area (Å²) >= 11 is 1.83. The summed E-state index contributed by atoms with van der Waals surface area (Å²) in [5.74, 6) is 0.945. The van der Waals surface area contributed by atoms with Crippen LogP contribution in [0.25, 0.3) is 10.2 Å². The molecule has 1 N–H and O–H groups in total. The quantitative estimate of drug-likeness (QED) is 0.930. The molecule has 2 aromatic rings. The van der Waals surface area contributed by atoms with Gasteiger partial charge in [0.05, 0.1) is 16.8 Å². The van der Waals surface area contributed by atoms with Crippen molar-refractivity contribution in [2.24, 2.45) is 0 Å². The predicted octanol–water partition coefficient (Wildman–Crippen LogP) is 3.34. The first-order chi connectivity index (χ1) is 9.27. The molecule has 1 aromatic carbocycles. The highest BCUT2D eigenvalue weighted by molar-refractivity contribution is 7.18. The van der Waals surface area contributed by atoms with E-state index < -0.39 is 0 Å². The molecular formula is C15H20N2OS. The van der Waals surface area contributed by atoms with Crippen molar-refractivity contribution in [3.8, 4) is 5.75 Å². The summed E-state index contributed by atoms with van der Waals surface area (Å²) in [5, 5.41) is 4.76. The van der Waals surface area contributed by atoms with Gasteiger partial charge < -0.3 is 10.1 Å². The number of rotatable bonds is 4. The summed E-state index contributed by atoms with van der Waals surface area (Å²) in [6.45, 7) is 7.15. The van der Waals surface area contributed by atoms with Crippen LogP contribution in [0, 0.1) is 0 Å². The van der Waals surface area contributed by atoms with Crippen LogP contribution in [0.15, 0.2) is 18.2 Å². The first-order valence-corrected chi connectivity index (χ1v) is 7.83. The maximum absolute atomic E-state index is 5.57. The van der Waals surface area contributed by atoms with Crippen LogP contribution in [-0.4, -0.2) is 24.7 Å². The van der Waals surface area contributed by atoms with Crippen molar-refractivity contribution >= 4 is 21.6 Å². The Morgan fingerprint density at radius 3 is 3.00 bits per heavy atom. The SMILES string of the molecule is CCOc1ccc2nc(C3(CC)CCNC3)sc2c1. The molecule has 3 nitrogen and oxygen atoms in total. The topological polar surface area (TPSA) is 34.1 Å². The van der Waals surface area contributed by atoms with E-state index in [1.165, 1.54) is 16.1 Å². The van der Waals surface area contributed by atoms with Gasteiger partial charge in [-0.05, 0) is 44.5 Å². The molecule has 19 heavy (non-hydrogen) atoms. The van der Waals surface area contributed by atoms with Crippen LogP contribution in [-0.2, 0) is 5.41 Å². The van der Waals surface area contributed by atoms with Crippen LogP contribution in [0.2, 0.25) is 0 Å². The molecule has 0 bridgehead atoms. The molecule has 0 aliphatic carbocycles. The Bertz CT molecular complexity index is 573. The molecule has 102 valence electrons. The molecule has 4 heteroatoms. The van der Waals surface area contributed by atoms with E-state index >= 15 is 0 Å². The second-order valence-electron chi connectivity index (χ2n) is 5.14. The third kappa shape index (κ3) is 2.23. The van der Waals surface area contributed by atoms with Crippen molar-refractivity contribution in [1.82, 2.24) is 10.3 Å². The second-order valence-corrected chi connectivity index (χ2v) is 6.17. The number of hydrogen-bond donors (Lipinski definition) is 1. The molecule has 1 unspecified atom stereocenters. The highest BCUT2D eigenvalue weighted by Crippen LogP contribution is 2.39. The Morgan fingerprint density at radius 2 is 2.32 bits per heavy atom. The Kier molecular flexibility index (Phi) is 3.46. The highest BCUT2D eigenvalue weighted by atomic mass is 32.1. The molecule has 1 saturated heterocycles. The summed E-state index contributed by atoms with van der Waals surface area (Å²) in [6, 6.07) is 6.21. The molecule has 0 radical (unpaired) electrons. The predicted molar refractivity (Wildman–Crippen MR) is 80.2 cm³/mol. The van der Waals surface area contributed by atoms with Crippen LogP contribution in [0.3, 0.4) is 0 Å². The molecule has 1 aliphatic rings. The van der Waals surface area contributed by atoms with Gasteiger partial charge in [-0.25, -0.2) is 4.98 Å². The second kappa shape index (κ2) is 5.10. The van der Waals surface area contributed by atoms with Crippen molar-refractivity contribution in [3.05, 3.63) is 23.2 Å². The van der Waals surface area contributed by atoms with E-state index in [9.17, 15) is 0 Å². The zero-order valence-electron chi connectivity index (χ0n) is 11.5. The molecule has 2 heterocycles. The molecule has 3 rings (SSSR count). The first kappa shape index (κ1) is 12.9. The van der Waals surface area contributed by atoms with Gasteiger partial charge in [0.2, 0.25) is 0 Å². The molecule has 0 amide bonds. The van der Waals surface area contributed by atoms with Gasteiger partial charge in [0.25, 0.3) is 0 Å². The largest absolute Gasteiger partial charge is 0.494 e. The number of thiazole rings is 1. The van der Waals surface area contributed by atoms with Gasteiger partial charge in [-0.15, -0.1) is 11.3 Å². The lowest BCUT2D eigenvalue weighted by Crippen LogP contribution is -2.27. The van der Waals surface area contributed by atoms with Crippen LogP contribution < -0.4 is 10.1 Å². The van der Waals surface area contributed by atoms with E-state index in [0.29, 0.717) is 6.61 Å². The monoisotopic (exact) mass is 276 g/mol. The summed E-state index contributed by atoms with van der Waals surface area (Å²) in [5.41, 5.74) is 1.35. The first-order valence-electron chi connectivity index (χ1n) is 7.02. The summed E-state index contributed by atoms with van der Waals surface area (Å²) < 4.78 is 6.80. The van der Waals surface area contributed by atoms with Gasteiger partial charge in [0.15, 0.2) is 0 Å². The number of nitrogens with zero attached hydrogens (tertiary/aromatic N) is 1. The van der Waals surface area contributed by atoms with E-state index in [1.54, 1.807) is 0 Å². The van der Waals surface area contributed by atoms with Crippen molar-refractivity contribution < 1.29 is 4.74 Å². The molecule has 1 aliphatic heterocycles. The number of ether oxygens (including phenoxy) is 1. The van der Waals surface area contributed by atoms with Gasteiger partial charge >= 0.3 is 0 Å². The Morgan fingerprint density at radius 1 is 1.42 bits per heavy atom. The van der Waals surface area contributed by atoms with Gasteiger partial charge in [0.1, 0.15) is 10.8 Å². The molecule has 1 atom stereocenters. The molecule has 0 saturated carbocycles. The fourth-order valence-electron chi connectivity index (χ4n) is 2.77. The standard InChI is InChI=1S/C15H20N2OS/c1-3-15(7-8-16-10-15)14-17-12-6-5-11(18-4-2)9-13(12)19-14/h5-6,9,16H,3-4,7-8,10H2,1-2H3. The minimum Gasteiger partial charge on any atom is -0.494 e. The third-order valence-electron chi connectivity index (χ3n) is 4.05. The molecule has 1 fully saturated rings. The van der Waals surface area contributed by atoms with E-state index in [0.717, 1.165) is 30.8 Å². The summed E-state index contributed by atoms with van der Waals surface area (Å²) in [7, 11) is 0. The van der Waals surface area contributed by atoms with Crippen molar-refractivity contribution in [2.75, 3.05) is 19.7 Å². The van der Waals surface area contributed by atoms with E-state index in [1.807, 2.05) is 24.3 Å². The van der Waals surface area contributed by atoms with Crippen LogP contribution >= 0.6 is 11.3 Å². The normalized spacial score (nSPS) is 23.1. The number of hydrogen-bond acceptors (Lipinski definition) is 4. The van der Waals surface area contributed by atoms with E-state index in [2.05, 4.69) is 24.4 Å².